The van der Waals surface area contributed by atoms with Crippen LogP contribution in [0, 0.1) is 5.92 Å². The first-order chi connectivity index (χ1) is 15.6. The van der Waals surface area contributed by atoms with Crippen LogP contribution < -0.4 is 14.8 Å². The van der Waals surface area contributed by atoms with Crippen LogP contribution >= 0.6 is 11.3 Å². The highest BCUT2D eigenvalue weighted by Crippen LogP contribution is 2.41. The zero-order valence-electron chi connectivity index (χ0n) is 18.3. The maximum Gasteiger partial charge on any atom is 0.265 e. The van der Waals surface area contributed by atoms with Gasteiger partial charge in [0, 0.05) is 17.6 Å². The second-order valence-electron chi connectivity index (χ2n) is 7.88. The van der Waals surface area contributed by atoms with Crippen LogP contribution in [0.1, 0.15) is 52.2 Å². The Morgan fingerprint density at radius 1 is 1.30 bits per heavy atom. The molecule has 2 aromatic rings. The molecule has 1 aliphatic carbocycles. The molecular formula is C21H23N3O7S2. The SMILES string of the molecule is CCOc1nc([C@@H](CS(C)(=O)=O)N2C(=O)c3csc(NC(=O)C4CC4)c3C2=O)ccc1OC. The number of anilines is 1. The van der Waals surface area contributed by atoms with Crippen LogP contribution in [0.25, 0.3) is 0 Å². The summed E-state index contributed by atoms with van der Waals surface area (Å²) in [6, 6.07) is 1.86. The van der Waals surface area contributed by atoms with Gasteiger partial charge in [0.2, 0.25) is 5.91 Å². The lowest BCUT2D eigenvalue weighted by Crippen LogP contribution is -2.38. The highest BCUT2D eigenvalue weighted by atomic mass is 32.2. The Balaban J connectivity index is 1.73. The molecule has 0 unspecified atom stereocenters. The van der Waals surface area contributed by atoms with Gasteiger partial charge in [-0.2, -0.15) is 0 Å². The fourth-order valence-electron chi connectivity index (χ4n) is 3.61. The number of ether oxygens (including phenoxy) is 2. The van der Waals surface area contributed by atoms with Crippen molar-refractivity contribution >= 4 is 43.9 Å². The van der Waals surface area contributed by atoms with E-state index in [-0.39, 0.29) is 41.1 Å². The van der Waals surface area contributed by atoms with E-state index in [0.717, 1.165) is 35.3 Å². The molecule has 1 aliphatic heterocycles. The summed E-state index contributed by atoms with van der Waals surface area (Å²) >= 11 is 1.10. The lowest BCUT2D eigenvalue weighted by Gasteiger charge is -2.26. The number of aromatic nitrogens is 1. The smallest absolute Gasteiger partial charge is 0.265 e. The topological polar surface area (TPSA) is 132 Å². The Labute approximate surface area is 194 Å². The number of methoxy groups -OCH3 is 1. The number of carbonyl (C=O) groups excluding carboxylic acids is 3. The van der Waals surface area contributed by atoms with Crippen LogP contribution in [0.5, 0.6) is 11.6 Å². The minimum Gasteiger partial charge on any atom is -0.491 e. The maximum atomic E-state index is 13.4. The molecular weight excluding hydrogens is 470 g/mol. The molecule has 12 heteroatoms. The molecule has 1 saturated carbocycles. The molecule has 2 aromatic heterocycles. The molecule has 0 saturated heterocycles. The van der Waals surface area contributed by atoms with Crippen molar-refractivity contribution in [2.45, 2.75) is 25.8 Å². The van der Waals surface area contributed by atoms with Crippen LogP contribution in [-0.4, -0.2) is 61.7 Å². The average molecular weight is 494 g/mol. The number of rotatable bonds is 9. The molecule has 10 nitrogen and oxygen atoms in total. The number of sulfone groups is 1. The lowest BCUT2D eigenvalue weighted by molar-refractivity contribution is -0.117. The highest BCUT2D eigenvalue weighted by molar-refractivity contribution is 7.90. The molecule has 0 radical (unpaired) electrons. The van der Waals surface area contributed by atoms with Crippen molar-refractivity contribution in [3.05, 3.63) is 34.3 Å². The number of hydrogen-bond donors (Lipinski definition) is 1. The zero-order chi connectivity index (χ0) is 23.9. The van der Waals surface area contributed by atoms with Gasteiger partial charge in [-0.3, -0.25) is 19.3 Å². The van der Waals surface area contributed by atoms with E-state index in [4.69, 9.17) is 9.47 Å². The molecule has 0 aromatic carbocycles. The number of pyridine rings is 1. The van der Waals surface area contributed by atoms with E-state index in [1.54, 1.807) is 13.0 Å². The van der Waals surface area contributed by atoms with Crippen LogP contribution in [0.3, 0.4) is 0 Å². The van der Waals surface area contributed by atoms with E-state index in [0.29, 0.717) is 10.8 Å². The predicted molar refractivity (Wildman–Crippen MR) is 121 cm³/mol. The van der Waals surface area contributed by atoms with E-state index < -0.39 is 33.4 Å². The van der Waals surface area contributed by atoms with E-state index in [1.165, 1.54) is 18.6 Å². The fraction of sp³-hybridized carbons (Fsp3) is 0.429. The number of nitrogens with one attached hydrogen (secondary N) is 1. The third-order valence-electron chi connectivity index (χ3n) is 5.32. The minimum atomic E-state index is -3.62. The predicted octanol–water partition coefficient (Wildman–Crippen LogP) is 2.28. The highest BCUT2D eigenvalue weighted by Gasteiger charge is 2.45. The summed E-state index contributed by atoms with van der Waals surface area (Å²) in [5.74, 6) is -1.64. The molecule has 4 rings (SSSR count). The number of fused-ring (bicyclic) bond motifs is 1. The van der Waals surface area contributed by atoms with Crippen molar-refractivity contribution in [1.82, 2.24) is 9.88 Å². The van der Waals surface area contributed by atoms with Gasteiger partial charge in [0.15, 0.2) is 5.75 Å². The van der Waals surface area contributed by atoms with Gasteiger partial charge in [-0.25, -0.2) is 13.4 Å². The summed E-state index contributed by atoms with van der Waals surface area (Å²) in [7, 11) is -2.18. The summed E-state index contributed by atoms with van der Waals surface area (Å²) in [4.78, 5) is 44.0. The molecule has 1 N–H and O–H groups in total. The van der Waals surface area contributed by atoms with Crippen LogP contribution in [0.4, 0.5) is 5.00 Å². The number of carbonyl (C=O) groups is 3. The Kier molecular flexibility index (Phi) is 6.14. The van der Waals surface area contributed by atoms with E-state index in [2.05, 4.69) is 10.3 Å². The van der Waals surface area contributed by atoms with E-state index in [9.17, 15) is 22.8 Å². The summed E-state index contributed by atoms with van der Waals surface area (Å²) in [6.45, 7) is 2.04. The van der Waals surface area contributed by atoms with E-state index in [1.807, 2.05) is 0 Å². The molecule has 0 bridgehead atoms. The average Bonchev–Trinajstić information content (AvgIpc) is 3.48. The van der Waals surface area contributed by atoms with Gasteiger partial charge < -0.3 is 14.8 Å². The molecule has 0 spiro atoms. The number of imide groups is 1. The second-order valence-corrected chi connectivity index (χ2v) is 10.9. The Hall–Kier alpha value is -2.99. The first kappa shape index (κ1) is 23.2. The van der Waals surface area contributed by atoms with Crippen molar-refractivity contribution < 1.29 is 32.3 Å². The van der Waals surface area contributed by atoms with Crippen LogP contribution in [-0.2, 0) is 14.6 Å². The molecule has 3 heterocycles. The van der Waals surface area contributed by atoms with Crippen LogP contribution in [0.15, 0.2) is 17.5 Å². The van der Waals surface area contributed by atoms with Gasteiger partial charge in [-0.15, -0.1) is 11.3 Å². The molecule has 176 valence electrons. The third kappa shape index (κ3) is 4.58. The normalized spacial score (nSPS) is 16.5. The first-order valence-corrected chi connectivity index (χ1v) is 13.2. The summed E-state index contributed by atoms with van der Waals surface area (Å²) < 4.78 is 35.2. The van der Waals surface area contributed by atoms with Gasteiger partial charge in [0.05, 0.1) is 42.3 Å². The van der Waals surface area contributed by atoms with Gasteiger partial charge >= 0.3 is 0 Å². The number of amides is 3. The Morgan fingerprint density at radius 2 is 2.03 bits per heavy atom. The zero-order valence-corrected chi connectivity index (χ0v) is 19.9. The largest absolute Gasteiger partial charge is 0.491 e. The number of nitrogens with zero attached hydrogens (tertiary/aromatic N) is 2. The van der Waals surface area contributed by atoms with Gasteiger partial charge in [0.25, 0.3) is 17.7 Å². The minimum absolute atomic E-state index is 0.0791. The molecule has 33 heavy (non-hydrogen) atoms. The monoisotopic (exact) mass is 493 g/mol. The summed E-state index contributed by atoms with van der Waals surface area (Å²) in [6.07, 6.45) is 2.61. The number of thiophene rings is 1. The van der Waals surface area contributed by atoms with Crippen LogP contribution in [0.2, 0.25) is 0 Å². The maximum absolute atomic E-state index is 13.4. The quantitative estimate of drug-likeness (QED) is 0.526. The van der Waals surface area contributed by atoms with Gasteiger partial charge in [0.1, 0.15) is 14.8 Å². The fourth-order valence-corrected chi connectivity index (χ4v) is 5.43. The second kappa shape index (κ2) is 8.75. The van der Waals surface area contributed by atoms with Crippen molar-refractivity contribution in [1.29, 1.82) is 0 Å². The molecule has 3 amide bonds. The summed E-state index contributed by atoms with van der Waals surface area (Å²) in [5.41, 5.74) is 0.382. The first-order valence-electron chi connectivity index (χ1n) is 10.3. The van der Waals surface area contributed by atoms with Crippen molar-refractivity contribution in [3.8, 4) is 11.6 Å². The standard InChI is InChI=1S/C21H23N3O7S2/c1-4-31-18-15(30-2)8-7-13(22-18)14(10-33(3,28)29)24-20(26)12-9-32-19(16(12)21(24)27)23-17(25)11-5-6-11/h7-9,11,14H,4-6,10H2,1-3H3,(H,23,25)/t14-/m1/s1. The molecule has 1 fully saturated rings. The van der Waals surface area contributed by atoms with Crippen molar-refractivity contribution in [2.24, 2.45) is 5.92 Å². The Morgan fingerprint density at radius 3 is 2.64 bits per heavy atom. The van der Waals surface area contributed by atoms with Crippen molar-refractivity contribution in [3.63, 3.8) is 0 Å². The van der Waals surface area contributed by atoms with E-state index >= 15 is 0 Å². The van der Waals surface area contributed by atoms with Crippen molar-refractivity contribution in [2.75, 3.05) is 31.0 Å². The van der Waals surface area contributed by atoms with Gasteiger partial charge in [-0.1, -0.05) is 0 Å². The number of hydrogen-bond acceptors (Lipinski definition) is 9. The summed E-state index contributed by atoms with van der Waals surface area (Å²) in [5, 5.41) is 4.53. The lowest BCUT2D eigenvalue weighted by atomic mass is 10.1. The Bertz CT molecular complexity index is 1230. The molecule has 1 atom stereocenters. The molecule has 2 aliphatic rings. The third-order valence-corrected chi connectivity index (χ3v) is 7.14. The van der Waals surface area contributed by atoms with Gasteiger partial charge in [-0.05, 0) is 31.9 Å².